The third kappa shape index (κ3) is 5.28. The third-order valence-corrected chi connectivity index (χ3v) is 12.1. The molecular weight excluding hydrogens is 454 g/mol. The molecule has 0 saturated heterocycles. The predicted octanol–water partition coefficient (Wildman–Crippen LogP) is 5.17. The molecule has 184 valence electrons. The fourth-order valence-electron chi connectivity index (χ4n) is 5.24. The molecule has 0 spiro atoms. The molecule has 0 aromatic heterocycles. The van der Waals surface area contributed by atoms with E-state index < -0.39 is 8.32 Å². The van der Waals surface area contributed by atoms with Crippen LogP contribution in [0.1, 0.15) is 46.5 Å². The van der Waals surface area contributed by atoms with Crippen LogP contribution >= 0.6 is 0 Å². The van der Waals surface area contributed by atoms with Gasteiger partial charge in [-0.1, -0.05) is 81.4 Å². The van der Waals surface area contributed by atoms with E-state index in [1.54, 1.807) is 0 Å². The van der Waals surface area contributed by atoms with Crippen LogP contribution in [-0.4, -0.2) is 30.5 Å². The van der Waals surface area contributed by atoms with E-state index in [0.717, 1.165) is 25.7 Å². The van der Waals surface area contributed by atoms with Crippen LogP contribution in [0.5, 0.6) is 11.5 Å². The summed E-state index contributed by atoms with van der Waals surface area (Å²) in [4.78, 5) is 12.9. The van der Waals surface area contributed by atoms with Gasteiger partial charge in [0.15, 0.2) is 0 Å². The van der Waals surface area contributed by atoms with Crippen LogP contribution in [0.3, 0.4) is 0 Å². The number of carbonyl (C=O) groups is 1. The molecule has 6 heteroatoms. The number of phenols is 2. The van der Waals surface area contributed by atoms with E-state index >= 15 is 0 Å². The highest BCUT2D eigenvalue weighted by molar-refractivity contribution is 6.99. The standard InChI is InChI=1S/C29H35NO4Si/c1-29(2,3)35(24-10-6-4-7-11-24,25-12-8-5-9-13-25)34-23-17-14-21(15-18-23)28(33)30-26-19-16-22(31)20-27(26)32/h4-13,16,19-21,23,31-32H,14-15,17-18H2,1-3H3,(H,30,33)/t21-,23-. The highest BCUT2D eigenvalue weighted by Gasteiger charge is 2.51. The lowest BCUT2D eigenvalue weighted by molar-refractivity contribution is -0.121. The van der Waals surface area contributed by atoms with E-state index in [9.17, 15) is 15.0 Å². The van der Waals surface area contributed by atoms with Crippen LogP contribution in [-0.2, 0) is 9.22 Å². The lowest BCUT2D eigenvalue weighted by Crippen LogP contribution is -2.67. The van der Waals surface area contributed by atoms with Gasteiger partial charge in [0, 0.05) is 18.1 Å². The Hall–Kier alpha value is -3.09. The van der Waals surface area contributed by atoms with Crippen molar-refractivity contribution in [1.82, 2.24) is 0 Å². The average Bonchev–Trinajstić information content (AvgIpc) is 2.85. The van der Waals surface area contributed by atoms with E-state index in [4.69, 9.17) is 4.43 Å². The fourth-order valence-corrected chi connectivity index (χ4v) is 10.00. The maximum atomic E-state index is 12.9. The summed E-state index contributed by atoms with van der Waals surface area (Å²) in [6.45, 7) is 6.84. The van der Waals surface area contributed by atoms with Gasteiger partial charge in [0.2, 0.25) is 5.91 Å². The number of aromatic hydroxyl groups is 2. The molecule has 1 fully saturated rings. The zero-order chi connectivity index (χ0) is 25.1. The van der Waals surface area contributed by atoms with Gasteiger partial charge in [0.1, 0.15) is 11.5 Å². The minimum Gasteiger partial charge on any atom is -0.508 e. The molecule has 3 aromatic carbocycles. The normalized spacial score (nSPS) is 18.7. The first-order valence-electron chi connectivity index (χ1n) is 12.3. The highest BCUT2D eigenvalue weighted by atomic mass is 28.4. The fraction of sp³-hybridized carbons (Fsp3) is 0.345. The molecule has 1 saturated carbocycles. The van der Waals surface area contributed by atoms with Crippen molar-refractivity contribution < 1.29 is 19.4 Å². The van der Waals surface area contributed by atoms with Gasteiger partial charge >= 0.3 is 0 Å². The van der Waals surface area contributed by atoms with Crippen molar-refractivity contribution in [2.75, 3.05) is 5.32 Å². The molecule has 3 N–H and O–H groups in total. The van der Waals surface area contributed by atoms with Crippen LogP contribution in [0.2, 0.25) is 5.04 Å². The molecule has 5 nitrogen and oxygen atoms in total. The first-order chi connectivity index (χ1) is 16.7. The third-order valence-electron chi connectivity index (χ3n) is 7.04. The smallest absolute Gasteiger partial charge is 0.261 e. The number of phenolic OH excluding ortho intramolecular Hbond substituents is 2. The number of benzene rings is 3. The van der Waals surface area contributed by atoms with Crippen molar-refractivity contribution in [2.45, 2.75) is 57.6 Å². The average molecular weight is 490 g/mol. The summed E-state index contributed by atoms with van der Waals surface area (Å²) >= 11 is 0. The summed E-state index contributed by atoms with van der Waals surface area (Å²) in [6.07, 6.45) is 3.16. The van der Waals surface area contributed by atoms with Gasteiger partial charge in [-0.2, -0.15) is 0 Å². The predicted molar refractivity (Wildman–Crippen MR) is 143 cm³/mol. The maximum Gasteiger partial charge on any atom is 0.261 e. The van der Waals surface area contributed by atoms with E-state index in [2.05, 4.69) is 74.6 Å². The van der Waals surface area contributed by atoms with Crippen molar-refractivity contribution in [3.8, 4) is 11.5 Å². The number of nitrogens with one attached hydrogen (secondary N) is 1. The SMILES string of the molecule is CC(C)(C)[Si](O[C@H]1CC[C@H](C(=O)Nc2ccc(O)cc2O)CC1)(c1ccccc1)c1ccccc1. The molecule has 0 bridgehead atoms. The van der Waals surface area contributed by atoms with Crippen molar-refractivity contribution in [3.05, 3.63) is 78.9 Å². The van der Waals surface area contributed by atoms with Gasteiger partial charge in [-0.05, 0) is 53.2 Å². The van der Waals surface area contributed by atoms with Gasteiger partial charge in [0.05, 0.1) is 5.69 Å². The Balaban J connectivity index is 1.52. The summed E-state index contributed by atoms with van der Waals surface area (Å²) in [5, 5.41) is 24.8. The largest absolute Gasteiger partial charge is 0.508 e. The molecule has 35 heavy (non-hydrogen) atoms. The van der Waals surface area contributed by atoms with Crippen molar-refractivity contribution in [2.24, 2.45) is 5.92 Å². The van der Waals surface area contributed by atoms with Crippen LogP contribution in [0, 0.1) is 5.92 Å². The molecule has 0 aliphatic heterocycles. The molecule has 0 radical (unpaired) electrons. The second-order valence-electron chi connectivity index (χ2n) is 10.4. The molecule has 0 unspecified atom stereocenters. The quantitative estimate of drug-likeness (QED) is 0.254. The molecular formula is C29H35NO4Si. The summed E-state index contributed by atoms with van der Waals surface area (Å²) in [6, 6.07) is 25.5. The Labute approximate surface area is 208 Å². The van der Waals surface area contributed by atoms with Crippen molar-refractivity contribution in [3.63, 3.8) is 0 Å². The molecule has 1 amide bonds. The second kappa shape index (κ2) is 10.3. The number of amides is 1. The highest BCUT2D eigenvalue weighted by Crippen LogP contribution is 2.40. The first kappa shape index (κ1) is 25.0. The van der Waals surface area contributed by atoms with E-state index in [1.165, 1.54) is 28.6 Å². The van der Waals surface area contributed by atoms with Gasteiger partial charge < -0.3 is 20.0 Å². The Morgan fingerprint density at radius 3 is 1.89 bits per heavy atom. The molecule has 0 heterocycles. The summed E-state index contributed by atoms with van der Waals surface area (Å²) in [7, 11) is -2.62. The van der Waals surface area contributed by atoms with Gasteiger partial charge in [0.25, 0.3) is 8.32 Å². The topological polar surface area (TPSA) is 78.8 Å². The summed E-state index contributed by atoms with van der Waals surface area (Å²) < 4.78 is 7.23. The van der Waals surface area contributed by atoms with Crippen LogP contribution in [0.15, 0.2) is 78.9 Å². The minimum absolute atomic E-state index is 0.0403. The molecule has 1 aliphatic carbocycles. The zero-order valence-electron chi connectivity index (χ0n) is 20.7. The Kier molecular flexibility index (Phi) is 7.33. The van der Waals surface area contributed by atoms with Crippen molar-refractivity contribution in [1.29, 1.82) is 0 Å². The van der Waals surface area contributed by atoms with Gasteiger partial charge in [-0.25, -0.2) is 0 Å². The summed E-state index contributed by atoms with van der Waals surface area (Å²) in [5.41, 5.74) is 0.318. The van der Waals surface area contributed by atoms with Crippen LogP contribution in [0.25, 0.3) is 0 Å². The monoisotopic (exact) mass is 489 g/mol. The number of rotatable bonds is 6. The maximum absolute atomic E-state index is 12.9. The molecule has 0 atom stereocenters. The summed E-state index contributed by atoms with van der Waals surface area (Å²) in [5.74, 6) is -0.416. The lowest BCUT2D eigenvalue weighted by atomic mass is 9.87. The van der Waals surface area contributed by atoms with E-state index in [0.29, 0.717) is 5.69 Å². The van der Waals surface area contributed by atoms with E-state index in [1.807, 2.05) is 12.1 Å². The number of carbonyl (C=O) groups excluding carboxylic acids is 1. The number of hydrogen-bond acceptors (Lipinski definition) is 4. The molecule has 3 aromatic rings. The van der Waals surface area contributed by atoms with Gasteiger partial charge in [-0.15, -0.1) is 0 Å². The lowest BCUT2D eigenvalue weighted by Gasteiger charge is -2.46. The Morgan fingerprint density at radius 1 is 0.857 bits per heavy atom. The zero-order valence-corrected chi connectivity index (χ0v) is 21.7. The first-order valence-corrected chi connectivity index (χ1v) is 14.2. The van der Waals surface area contributed by atoms with Gasteiger partial charge in [-0.3, -0.25) is 4.79 Å². The number of hydrogen-bond donors (Lipinski definition) is 3. The molecule has 4 rings (SSSR count). The number of anilines is 1. The van der Waals surface area contributed by atoms with Crippen LogP contribution in [0.4, 0.5) is 5.69 Å². The Morgan fingerprint density at radius 2 is 1.40 bits per heavy atom. The van der Waals surface area contributed by atoms with Crippen LogP contribution < -0.4 is 15.7 Å². The van der Waals surface area contributed by atoms with Crippen molar-refractivity contribution >= 4 is 30.3 Å². The minimum atomic E-state index is -2.62. The second-order valence-corrected chi connectivity index (χ2v) is 14.7. The van der Waals surface area contributed by atoms with E-state index in [-0.39, 0.29) is 34.5 Å². The Bertz CT molecular complexity index is 1100. The molecule has 1 aliphatic rings.